The summed E-state index contributed by atoms with van der Waals surface area (Å²) in [6.07, 6.45) is 1.71. The molecule has 1 aliphatic carbocycles. The summed E-state index contributed by atoms with van der Waals surface area (Å²) in [6, 6.07) is 0. The predicted molar refractivity (Wildman–Crippen MR) is 66.1 cm³/mol. The monoisotopic (exact) mass is 224 g/mol. The summed E-state index contributed by atoms with van der Waals surface area (Å²) in [5.41, 5.74) is -0.515. The van der Waals surface area contributed by atoms with E-state index in [-0.39, 0.29) is 10.8 Å². The molecule has 0 saturated heterocycles. The van der Waals surface area contributed by atoms with Crippen molar-refractivity contribution in [2.45, 2.75) is 47.5 Å². The van der Waals surface area contributed by atoms with Gasteiger partial charge < -0.3 is 4.74 Å². The minimum atomic E-state index is -0.257. The third kappa shape index (κ3) is 2.47. The molecule has 0 amide bonds. The lowest BCUT2D eigenvalue weighted by atomic mass is 9.60. The van der Waals surface area contributed by atoms with E-state index in [0.29, 0.717) is 18.3 Å². The number of carbonyl (C=O) groups excluding carboxylic acids is 1. The Morgan fingerprint density at radius 2 is 1.75 bits per heavy atom. The number of ketones is 1. The number of hydrogen-bond donors (Lipinski definition) is 0. The predicted octanol–water partition coefficient (Wildman–Crippen LogP) is 3.57. The van der Waals surface area contributed by atoms with Gasteiger partial charge >= 0.3 is 0 Å². The molecule has 0 aromatic rings. The Morgan fingerprint density at radius 3 is 2.12 bits per heavy atom. The van der Waals surface area contributed by atoms with Crippen molar-refractivity contribution in [2.24, 2.45) is 16.7 Å². The molecular weight excluding hydrogens is 200 g/mol. The van der Waals surface area contributed by atoms with Gasteiger partial charge in [-0.05, 0) is 19.8 Å². The first-order chi connectivity index (χ1) is 7.20. The van der Waals surface area contributed by atoms with Crippen LogP contribution in [0, 0.1) is 16.7 Å². The second-order valence-corrected chi connectivity index (χ2v) is 6.10. The quantitative estimate of drug-likeness (QED) is 0.685. The molecule has 0 aliphatic heterocycles. The van der Waals surface area contributed by atoms with Gasteiger partial charge in [-0.2, -0.15) is 0 Å². The SMILES string of the molecule is C=C(OCC)C1CC(C)(C)C(=O)C(C)(C)C1. The third-order valence-corrected chi connectivity index (χ3v) is 3.53. The van der Waals surface area contributed by atoms with Crippen molar-refractivity contribution in [1.29, 1.82) is 0 Å². The molecule has 16 heavy (non-hydrogen) atoms. The van der Waals surface area contributed by atoms with Crippen molar-refractivity contribution >= 4 is 5.78 Å². The zero-order chi connectivity index (χ0) is 12.6. The van der Waals surface area contributed by atoms with Gasteiger partial charge in [0, 0.05) is 16.7 Å². The van der Waals surface area contributed by atoms with Gasteiger partial charge in [0.05, 0.1) is 12.4 Å². The van der Waals surface area contributed by atoms with Crippen molar-refractivity contribution in [1.82, 2.24) is 0 Å². The van der Waals surface area contributed by atoms with Crippen LogP contribution < -0.4 is 0 Å². The van der Waals surface area contributed by atoms with Crippen LogP contribution in [0.2, 0.25) is 0 Å². The number of carbonyl (C=O) groups is 1. The number of Topliss-reactive ketones (excluding diaryl/α,β-unsaturated/α-hetero) is 1. The van der Waals surface area contributed by atoms with E-state index in [1.807, 2.05) is 34.6 Å². The average molecular weight is 224 g/mol. The molecule has 0 atom stereocenters. The van der Waals surface area contributed by atoms with Gasteiger partial charge in [-0.25, -0.2) is 0 Å². The van der Waals surface area contributed by atoms with E-state index in [1.54, 1.807) is 0 Å². The largest absolute Gasteiger partial charge is 0.499 e. The molecule has 1 fully saturated rings. The van der Waals surface area contributed by atoms with Gasteiger partial charge in [-0.3, -0.25) is 4.79 Å². The summed E-state index contributed by atoms with van der Waals surface area (Å²) in [5, 5.41) is 0. The lowest BCUT2D eigenvalue weighted by Crippen LogP contribution is -2.44. The highest BCUT2D eigenvalue weighted by atomic mass is 16.5. The number of hydrogen-bond acceptors (Lipinski definition) is 2. The fraction of sp³-hybridized carbons (Fsp3) is 0.786. The molecule has 2 heteroatoms. The van der Waals surface area contributed by atoms with E-state index in [4.69, 9.17) is 4.74 Å². The van der Waals surface area contributed by atoms with E-state index in [2.05, 4.69) is 6.58 Å². The molecule has 0 aromatic carbocycles. The molecule has 0 N–H and O–H groups in total. The zero-order valence-electron chi connectivity index (χ0n) is 11.2. The van der Waals surface area contributed by atoms with E-state index in [9.17, 15) is 4.79 Å². The van der Waals surface area contributed by atoms with Crippen LogP contribution >= 0.6 is 0 Å². The minimum Gasteiger partial charge on any atom is -0.499 e. The molecule has 0 heterocycles. The molecule has 2 nitrogen and oxygen atoms in total. The van der Waals surface area contributed by atoms with Crippen molar-refractivity contribution < 1.29 is 9.53 Å². The summed E-state index contributed by atoms with van der Waals surface area (Å²) in [4.78, 5) is 12.2. The zero-order valence-corrected chi connectivity index (χ0v) is 11.2. The molecule has 92 valence electrons. The minimum absolute atomic E-state index is 0.257. The Bertz CT molecular complexity index is 280. The first kappa shape index (κ1) is 13.3. The Hall–Kier alpha value is -0.790. The molecule has 0 spiro atoms. The molecule has 0 bridgehead atoms. The molecule has 1 aliphatic rings. The van der Waals surface area contributed by atoms with Crippen LogP contribution in [0.5, 0.6) is 0 Å². The molecule has 1 rings (SSSR count). The second kappa shape index (κ2) is 4.23. The van der Waals surface area contributed by atoms with Crippen LogP contribution in [0.1, 0.15) is 47.5 Å². The molecule has 0 unspecified atom stereocenters. The molecular formula is C14H24O2. The lowest BCUT2D eigenvalue weighted by Gasteiger charge is -2.43. The fourth-order valence-corrected chi connectivity index (χ4v) is 2.94. The maximum absolute atomic E-state index is 12.2. The Labute approximate surface area is 99.1 Å². The number of rotatable bonds is 3. The van der Waals surface area contributed by atoms with Crippen LogP contribution in [0.3, 0.4) is 0 Å². The van der Waals surface area contributed by atoms with E-state index in [1.165, 1.54) is 0 Å². The summed E-state index contributed by atoms with van der Waals surface area (Å²) in [7, 11) is 0. The number of ether oxygens (including phenoxy) is 1. The first-order valence-corrected chi connectivity index (χ1v) is 6.07. The maximum atomic E-state index is 12.2. The smallest absolute Gasteiger partial charge is 0.144 e. The lowest BCUT2D eigenvalue weighted by molar-refractivity contribution is -0.142. The van der Waals surface area contributed by atoms with Crippen molar-refractivity contribution in [2.75, 3.05) is 6.61 Å². The number of allylic oxidation sites excluding steroid dienone is 1. The Kier molecular flexibility index (Phi) is 3.51. The fourth-order valence-electron chi connectivity index (χ4n) is 2.94. The van der Waals surface area contributed by atoms with Gasteiger partial charge in [-0.1, -0.05) is 34.3 Å². The normalized spacial score (nSPS) is 24.2. The van der Waals surface area contributed by atoms with Crippen LogP contribution in [0.4, 0.5) is 0 Å². The van der Waals surface area contributed by atoms with Gasteiger partial charge in [0.1, 0.15) is 5.78 Å². The Morgan fingerprint density at radius 1 is 1.31 bits per heavy atom. The van der Waals surface area contributed by atoms with Gasteiger partial charge in [0.25, 0.3) is 0 Å². The molecule has 0 aromatic heterocycles. The molecule has 0 radical (unpaired) electrons. The summed E-state index contributed by atoms with van der Waals surface area (Å²) in [5.74, 6) is 1.51. The van der Waals surface area contributed by atoms with Crippen molar-refractivity contribution in [3.05, 3.63) is 12.3 Å². The van der Waals surface area contributed by atoms with Crippen molar-refractivity contribution in [3.8, 4) is 0 Å². The highest BCUT2D eigenvalue weighted by molar-refractivity contribution is 5.89. The van der Waals surface area contributed by atoms with Crippen LogP contribution in [-0.4, -0.2) is 12.4 Å². The Balaban J connectivity index is 2.87. The van der Waals surface area contributed by atoms with E-state index >= 15 is 0 Å². The highest BCUT2D eigenvalue weighted by Crippen LogP contribution is 2.47. The first-order valence-electron chi connectivity index (χ1n) is 6.07. The summed E-state index contributed by atoms with van der Waals surface area (Å²) in [6.45, 7) is 14.7. The van der Waals surface area contributed by atoms with E-state index < -0.39 is 0 Å². The van der Waals surface area contributed by atoms with Gasteiger partial charge in [-0.15, -0.1) is 0 Å². The summed E-state index contributed by atoms with van der Waals surface area (Å²) >= 11 is 0. The van der Waals surface area contributed by atoms with Crippen molar-refractivity contribution in [3.63, 3.8) is 0 Å². The topological polar surface area (TPSA) is 26.3 Å². The van der Waals surface area contributed by atoms with Crippen LogP contribution in [0.25, 0.3) is 0 Å². The van der Waals surface area contributed by atoms with E-state index in [0.717, 1.165) is 18.6 Å². The molecule has 1 saturated carbocycles. The van der Waals surface area contributed by atoms with Crippen LogP contribution in [0.15, 0.2) is 12.3 Å². The highest BCUT2D eigenvalue weighted by Gasteiger charge is 2.47. The van der Waals surface area contributed by atoms with Gasteiger partial charge in [0.15, 0.2) is 0 Å². The third-order valence-electron chi connectivity index (χ3n) is 3.53. The van der Waals surface area contributed by atoms with Gasteiger partial charge in [0.2, 0.25) is 0 Å². The second-order valence-electron chi connectivity index (χ2n) is 6.10. The van der Waals surface area contributed by atoms with Crippen LogP contribution in [-0.2, 0) is 9.53 Å². The maximum Gasteiger partial charge on any atom is 0.144 e. The average Bonchev–Trinajstić information content (AvgIpc) is 2.13. The summed E-state index contributed by atoms with van der Waals surface area (Å²) < 4.78 is 5.50. The standard InChI is InChI=1S/C14H24O2/c1-7-16-10(2)11-8-13(3,4)12(15)14(5,6)9-11/h11H,2,7-9H2,1,3-6H3.